The van der Waals surface area contributed by atoms with E-state index in [1.807, 2.05) is 24.3 Å². The number of rotatable bonds is 4. The van der Waals surface area contributed by atoms with Crippen molar-refractivity contribution in [2.24, 2.45) is 0 Å². The lowest BCUT2D eigenvalue weighted by Crippen LogP contribution is -2.00. The Hall–Kier alpha value is -3.02. The van der Waals surface area contributed by atoms with E-state index in [-0.39, 0.29) is 11.5 Å². The third kappa shape index (κ3) is 2.94. The van der Waals surface area contributed by atoms with Crippen molar-refractivity contribution in [2.75, 3.05) is 5.32 Å². The van der Waals surface area contributed by atoms with Crippen molar-refractivity contribution in [1.29, 1.82) is 0 Å². The Morgan fingerprint density at radius 2 is 1.81 bits per heavy atom. The molecule has 1 heterocycles. The highest BCUT2D eigenvalue weighted by Gasteiger charge is 2.01. The predicted molar refractivity (Wildman–Crippen MR) is 78.5 cm³/mol. The molecule has 0 aliphatic heterocycles. The van der Waals surface area contributed by atoms with Gasteiger partial charge in [0.2, 0.25) is 0 Å². The van der Waals surface area contributed by atoms with Crippen LogP contribution in [0.15, 0.2) is 55.1 Å². The first-order valence-electron chi connectivity index (χ1n) is 6.42. The third-order valence-electron chi connectivity index (χ3n) is 3.09. The van der Waals surface area contributed by atoms with Crippen molar-refractivity contribution in [3.05, 3.63) is 60.7 Å². The van der Waals surface area contributed by atoms with E-state index >= 15 is 0 Å². The highest BCUT2D eigenvalue weighted by Crippen LogP contribution is 2.25. The Bertz CT molecular complexity index is 724. The van der Waals surface area contributed by atoms with Crippen LogP contribution >= 0.6 is 0 Å². The number of phenols is 2. The summed E-state index contributed by atoms with van der Waals surface area (Å²) in [5.74, 6) is -0.230. The van der Waals surface area contributed by atoms with E-state index in [0.717, 1.165) is 16.9 Å². The van der Waals surface area contributed by atoms with Gasteiger partial charge in [-0.25, -0.2) is 9.67 Å². The molecule has 0 atom stereocenters. The first-order valence-corrected chi connectivity index (χ1v) is 6.42. The Labute approximate surface area is 121 Å². The molecular weight excluding hydrogens is 268 g/mol. The Kier molecular flexibility index (Phi) is 3.42. The van der Waals surface area contributed by atoms with Crippen LogP contribution in [0.3, 0.4) is 0 Å². The Balaban J connectivity index is 1.66. The minimum absolute atomic E-state index is 0.115. The van der Waals surface area contributed by atoms with Crippen LogP contribution in [0.1, 0.15) is 5.56 Å². The average molecular weight is 282 g/mol. The van der Waals surface area contributed by atoms with Crippen LogP contribution in [0.2, 0.25) is 0 Å². The highest BCUT2D eigenvalue weighted by molar-refractivity contribution is 5.49. The summed E-state index contributed by atoms with van der Waals surface area (Å²) in [5.41, 5.74) is 2.76. The molecule has 3 aromatic rings. The van der Waals surface area contributed by atoms with E-state index < -0.39 is 0 Å². The molecule has 6 heteroatoms. The quantitative estimate of drug-likeness (QED) is 0.639. The van der Waals surface area contributed by atoms with Crippen molar-refractivity contribution in [3.63, 3.8) is 0 Å². The number of hydrogen-bond acceptors (Lipinski definition) is 5. The van der Waals surface area contributed by atoms with Gasteiger partial charge in [-0.1, -0.05) is 6.07 Å². The van der Waals surface area contributed by atoms with Gasteiger partial charge in [-0.05, 0) is 42.0 Å². The minimum atomic E-state index is -0.115. The number of nitrogens with zero attached hydrogens (tertiary/aromatic N) is 3. The molecule has 0 unspecified atom stereocenters. The molecule has 0 amide bonds. The van der Waals surface area contributed by atoms with E-state index in [4.69, 9.17) is 0 Å². The van der Waals surface area contributed by atoms with Crippen LogP contribution in [0, 0.1) is 0 Å². The predicted octanol–water partition coefficient (Wildman–Crippen LogP) is 2.29. The van der Waals surface area contributed by atoms with E-state index in [1.165, 1.54) is 18.5 Å². The summed E-state index contributed by atoms with van der Waals surface area (Å²) >= 11 is 0. The molecular formula is C15H14N4O2. The van der Waals surface area contributed by atoms with Crippen LogP contribution in [0.4, 0.5) is 5.69 Å². The average Bonchev–Trinajstić information content (AvgIpc) is 3.03. The molecule has 1 aromatic heterocycles. The van der Waals surface area contributed by atoms with Crippen molar-refractivity contribution in [3.8, 4) is 17.2 Å². The summed E-state index contributed by atoms with van der Waals surface area (Å²) in [6, 6.07) is 12.5. The van der Waals surface area contributed by atoms with Crippen molar-refractivity contribution >= 4 is 5.69 Å². The number of hydrogen-bond donors (Lipinski definition) is 3. The second kappa shape index (κ2) is 5.54. The molecule has 3 rings (SSSR count). The number of phenolic OH excluding ortho intramolecular Hbond substituents is 2. The van der Waals surface area contributed by atoms with E-state index in [0.29, 0.717) is 6.54 Å². The molecule has 0 bridgehead atoms. The molecule has 2 aromatic carbocycles. The molecule has 0 fully saturated rings. The fraction of sp³-hybridized carbons (Fsp3) is 0.0667. The lowest BCUT2D eigenvalue weighted by Gasteiger charge is -2.08. The summed E-state index contributed by atoms with van der Waals surface area (Å²) < 4.78 is 1.68. The van der Waals surface area contributed by atoms with Gasteiger partial charge in [0.1, 0.15) is 12.7 Å². The van der Waals surface area contributed by atoms with Crippen LogP contribution in [-0.4, -0.2) is 25.0 Å². The highest BCUT2D eigenvalue weighted by atomic mass is 16.3. The second-order valence-corrected chi connectivity index (χ2v) is 4.56. The number of nitrogens with one attached hydrogen (secondary N) is 1. The number of anilines is 1. The van der Waals surface area contributed by atoms with Gasteiger partial charge in [0.25, 0.3) is 0 Å². The largest absolute Gasteiger partial charge is 0.504 e. The number of aromatic nitrogens is 3. The molecule has 0 aliphatic rings. The van der Waals surface area contributed by atoms with E-state index in [2.05, 4.69) is 15.4 Å². The Morgan fingerprint density at radius 1 is 1.00 bits per heavy atom. The van der Waals surface area contributed by atoms with Crippen LogP contribution in [0.25, 0.3) is 5.69 Å². The Morgan fingerprint density at radius 3 is 2.48 bits per heavy atom. The standard InChI is InChI=1S/C15H14N4O2/c20-14-6-1-11(7-15(14)21)8-17-12-2-4-13(5-3-12)19-10-16-9-18-19/h1-7,9-10,17,20-21H,8H2. The SMILES string of the molecule is Oc1ccc(CNc2ccc(-n3cncn3)cc2)cc1O. The lowest BCUT2D eigenvalue weighted by molar-refractivity contribution is 0.403. The van der Waals surface area contributed by atoms with Gasteiger partial charge in [-0.3, -0.25) is 0 Å². The minimum Gasteiger partial charge on any atom is -0.504 e. The van der Waals surface area contributed by atoms with Crippen LogP contribution in [-0.2, 0) is 6.54 Å². The first kappa shape index (κ1) is 13.0. The van der Waals surface area contributed by atoms with Gasteiger partial charge in [0, 0.05) is 12.2 Å². The fourth-order valence-corrected chi connectivity index (χ4v) is 1.96. The zero-order chi connectivity index (χ0) is 14.7. The topological polar surface area (TPSA) is 83.2 Å². The molecule has 0 spiro atoms. The van der Waals surface area contributed by atoms with Gasteiger partial charge in [0.05, 0.1) is 5.69 Å². The van der Waals surface area contributed by atoms with Crippen molar-refractivity contribution < 1.29 is 10.2 Å². The number of benzene rings is 2. The zero-order valence-corrected chi connectivity index (χ0v) is 11.1. The molecule has 0 saturated carbocycles. The summed E-state index contributed by atoms with van der Waals surface area (Å²) in [5, 5.41) is 26.0. The summed E-state index contributed by atoms with van der Waals surface area (Å²) in [6.45, 7) is 0.552. The van der Waals surface area contributed by atoms with Gasteiger partial charge >= 0.3 is 0 Å². The van der Waals surface area contributed by atoms with Gasteiger partial charge in [-0.2, -0.15) is 5.10 Å². The smallest absolute Gasteiger partial charge is 0.157 e. The van der Waals surface area contributed by atoms with E-state index in [1.54, 1.807) is 17.1 Å². The maximum absolute atomic E-state index is 9.45. The maximum atomic E-state index is 9.45. The maximum Gasteiger partial charge on any atom is 0.157 e. The molecule has 6 nitrogen and oxygen atoms in total. The van der Waals surface area contributed by atoms with Crippen LogP contribution < -0.4 is 5.32 Å². The molecule has 0 aliphatic carbocycles. The van der Waals surface area contributed by atoms with Crippen molar-refractivity contribution in [2.45, 2.75) is 6.54 Å². The second-order valence-electron chi connectivity index (χ2n) is 4.56. The monoisotopic (exact) mass is 282 g/mol. The molecule has 3 N–H and O–H groups in total. The molecule has 0 saturated heterocycles. The molecule has 21 heavy (non-hydrogen) atoms. The molecule has 106 valence electrons. The van der Waals surface area contributed by atoms with Crippen molar-refractivity contribution in [1.82, 2.24) is 14.8 Å². The third-order valence-corrected chi connectivity index (χ3v) is 3.09. The van der Waals surface area contributed by atoms with Gasteiger partial charge < -0.3 is 15.5 Å². The van der Waals surface area contributed by atoms with Gasteiger partial charge in [-0.15, -0.1) is 0 Å². The van der Waals surface area contributed by atoms with Crippen LogP contribution in [0.5, 0.6) is 11.5 Å². The summed E-state index contributed by atoms with van der Waals surface area (Å²) in [7, 11) is 0. The number of aromatic hydroxyl groups is 2. The zero-order valence-electron chi connectivity index (χ0n) is 11.1. The fourth-order valence-electron chi connectivity index (χ4n) is 1.96. The molecule has 0 radical (unpaired) electrons. The first-order chi connectivity index (χ1) is 10.2. The lowest BCUT2D eigenvalue weighted by atomic mass is 10.2. The normalized spacial score (nSPS) is 10.5. The summed E-state index contributed by atoms with van der Waals surface area (Å²) in [4.78, 5) is 3.90. The van der Waals surface area contributed by atoms with E-state index in [9.17, 15) is 10.2 Å². The summed E-state index contributed by atoms with van der Waals surface area (Å²) in [6.07, 6.45) is 3.13. The van der Waals surface area contributed by atoms with Gasteiger partial charge in [0.15, 0.2) is 11.5 Å².